The van der Waals surface area contributed by atoms with Crippen LogP contribution in [0, 0.1) is 0 Å². The topological polar surface area (TPSA) is 37.3 Å². The Balaban J connectivity index is 3.12. The van der Waals surface area contributed by atoms with Gasteiger partial charge in [-0.2, -0.15) is 0 Å². The van der Waals surface area contributed by atoms with Crippen LogP contribution in [-0.4, -0.2) is 11.1 Å². The van der Waals surface area contributed by atoms with E-state index in [1.54, 1.807) is 0 Å². The zero-order valence-electron chi connectivity index (χ0n) is 10.3. The summed E-state index contributed by atoms with van der Waals surface area (Å²) in [7, 11) is 0. The molecule has 0 heterocycles. The Morgan fingerprint density at radius 3 is 2.31 bits per heavy atom. The summed E-state index contributed by atoms with van der Waals surface area (Å²) in [6.45, 7) is 2.13. The first-order chi connectivity index (χ1) is 7.77. The minimum atomic E-state index is -0.675. The Labute approximate surface area is 99.1 Å². The molecular formula is C14H24O2. The second kappa shape index (κ2) is 12.0. The van der Waals surface area contributed by atoms with E-state index >= 15 is 0 Å². The van der Waals surface area contributed by atoms with Crippen molar-refractivity contribution in [3.05, 3.63) is 24.3 Å². The summed E-state index contributed by atoms with van der Waals surface area (Å²) in [6.07, 6.45) is 16.5. The Kier molecular flexibility index (Phi) is 11.2. The van der Waals surface area contributed by atoms with Gasteiger partial charge in [-0.1, -0.05) is 50.5 Å². The fourth-order valence-electron chi connectivity index (χ4n) is 1.46. The van der Waals surface area contributed by atoms with Crippen molar-refractivity contribution in [3.63, 3.8) is 0 Å². The van der Waals surface area contributed by atoms with E-state index in [0.29, 0.717) is 6.42 Å². The SMILES string of the molecule is CCC=CC=CCCCCCCCC(=O)O. The Morgan fingerprint density at radius 2 is 1.62 bits per heavy atom. The Bertz CT molecular complexity index is 217. The third-order valence-corrected chi connectivity index (χ3v) is 2.38. The quantitative estimate of drug-likeness (QED) is 0.443. The number of carboxylic acids is 1. The van der Waals surface area contributed by atoms with Gasteiger partial charge in [-0.05, 0) is 25.7 Å². The minimum absolute atomic E-state index is 0.321. The average Bonchev–Trinajstić information content (AvgIpc) is 2.25. The summed E-state index contributed by atoms with van der Waals surface area (Å²) in [5.74, 6) is -0.675. The largest absolute Gasteiger partial charge is 0.481 e. The molecule has 0 aromatic carbocycles. The highest BCUT2D eigenvalue weighted by Gasteiger charge is 1.95. The first kappa shape index (κ1) is 14.9. The van der Waals surface area contributed by atoms with Crippen LogP contribution in [0.25, 0.3) is 0 Å². The Hall–Kier alpha value is -1.05. The number of carbonyl (C=O) groups is 1. The van der Waals surface area contributed by atoms with E-state index in [1.165, 1.54) is 12.8 Å². The number of aliphatic carboxylic acids is 1. The van der Waals surface area contributed by atoms with Gasteiger partial charge >= 0.3 is 5.97 Å². The van der Waals surface area contributed by atoms with E-state index in [0.717, 1.165) is 32.1 Å². The lowest BCUT2D eigenvalue weighted by Gasteiger charge is -1.97. The van der Waals surface area contributed by atoms with E-state index < -0.39 is 5.97 Å². The maximum Gasteiger partial charge on any atom is 0.303 e. The van der Waals surface area contributed by atoms with Gasteiger partial charge in [0.1, 0.15) is 0 Å². The summed E-state index contributed by atoms with van der Waals surface area (Å²) >= 11 is 0. The zero-order valence-corrected chi connectivity index (χ0v) is 10.3. The van der Waals surface area contributed by atoms with Gasteiger partial charge in [0.2, 0.25) is 0 Å². The van der Waals surface area contributed by atoms with Crippen LogP contribution in [0.4, 0.5) is 0 Å². The van der Waals surface area contributed by atoms with Gasteiger partial charge in [-0.3, -0.25) is 4.79 Å². The predicted octanol–water partition coefficient (Wildman–Crippen LogP) is 4.32. The van der Waals surface area contributed by atoms with Gasteiger partial charge < -0.3 is 5.11 Å². The third-order valence-electron chi connectivity index (χ3n) is 2.38. The maximum absolute atomic E-state index is 10.2. The maximum atomic E-state index is 10.2. The third kappa shape index (κ3) is 12.9. The number of rotatable bonds is 10. The lowest BCUT2D eigenvalue weighted by atomic mass is 10.1. The zero-order chi connectivity index (χ0) is 12.1. The normalized spacial score (nSPS) is 11.6. The van der Waals surface area contributed by atoms with Crippen LogP contribution in [-0.2, 0) is 4.79 Å². The highest BCUT2D eigenvalue weighted by Crippen LogP contribution is 2.07. The van der Waals surface area contributed by atoms with Crippen LogP contribution in [0.5, 0.6) is 0 Å². The first-order valence-corrected chi connectivity index (χ1v) is 6.30. The number of hydrogen-bond donors (Lipinski definition) is 1. The smallest absolute Gasteiger partial charge is 0.303 e. The Morgan fingerprint density at radius 1 is 1.00 bits per heavy atom. The van der Waals surface area contributed by atoms with Crippen LogP contribution < -0.4 is 0 Å². The molecule has 0 saturated heterocycles. The molecule has 92 valence electrons. The van der Waals surface area contributed by atoms with E-state index in [2.05, 4.69) is 31.2 Å². The van der Waals surface area contributed by atoms with Gasteiger partial charge in [0.25, 0.3) is 0 Å². The molecule has 2 heteroatoms. The van der Waals surface area contributed by atoms with Crippen molar-refractivity contribution in [1.82, 2.24) is 0 Å². The molecule has 0 aliphatic carbocycles. The van der Waals surface area contributed by atoms with Crippen molar-refractivity contribution >= 4 is 5.97 Å². The molecule has 0 saturated carbocycles. The van der Waals surface area contributed by atoms with Crippen molar-refractivity contribution in [3.8, 4) is 0 Å². The van der Waals surface area contributed by atoms with Crippen LogP contribution in [0.3, 0.4) is 0 Å². The molecule has 0 aromatic heterocycles. The summed E-state index contributed by atoms with van der Waals surface area (Å²) in [6, 6.07) is 0. The van der Waals surface area contributed by atoms with Gasteiger partial charge in [0, 0.05) is 6.42 Å². The highest BCUT2D eigenvalue weighted by atomic mass is 16.4. The standard InChI is InChI=1S/C14H24O2/c1-2-3-4-5-6-7-8-9-10-11-12-13-14(15)16/h3-6H,2,7-13H2,1H3,(H,15,16). The molecular weight excluding hydrogens is 200 g/mol. The summed E-state index contributed by atoms with van der Waals surface area (Å²) in [5, 5.41) is 8.44. The monoisotopic (exact) mass is 224 g/mol. The van der Waals surface area contributed by atoms with Gasteiger partial charge in [-0.15, -0.1) is 0 Å². The van der Waals surface area contributed by atoms with Crippen molar-refractivity contribution in [2.45, 2.75) is 58.3 Å². The molecule has 0 bridgehead atoms. The van der Waals surface area contributed by atoms with E-state index in [-0.39, 0.29) is 0 Å². The molecule has 0 rings (SSSR count). The fourth-order valence-corrected chi connectivity index (χ4v) is 1.46. The summed E-state index contributed by atoms with van der Waals surface area (Å²) < 4.78 is 0. The molecule has 0 radical (unpaired) electrons. The number of allylic oxidation sites excluding steroid dienone is 4. The van der Waals surface area contributed by atoms with E-state index in [1.807, 2.05) is 0 Å². The molecule has 0 atom stereocenters. The molecule has 1 N–H and O–H groups in total. The second-order valence-electron chi connectivity index (χ2n) is 3.96. The van der Waals surface area contributed by atoms with E-state index in [4.69, 9.17) is 5.11 Å². The lowest BCUT2D eigenvalue weighted by molar-refractivity contribution is -0.137. The van der Waals surface area contributed by atoms with Crippen LogP contribution >= 0.6 is 0 Å². The molecule has 2 nitrogen and oxygen atoms in total. The van der Waals surface area contributed by atoms with E-state index in [9.17, 15) is 4.79 Å². The molecule has 0 aliphatic heterocycles. The van der Waals surface area contributed by atoms with Crippen LogP contribution in [0.15, 0.2) is 24.3 Å². The van der Waals surface area contributed by atoms with Gasteiger partial charge in [-0.25, -0.2) is 0 Å². The molecule has 0 amide bonds. The minimum Gasteiger partial charge on any atom is -0.481 e. The molecule has 0 unspecified atom stereocenters. The first-order valence-electron chi connectivity index (χ1n) is 6.30. The summed E-state index contributed by atoms with van der Waals surface area (Å²) in [5.41, 5.74) is 0. The summed E-state index contributed by atoms with van der Waals surface area (Å²) in [4.78, 5) is 10.2. The van der Waals surface area contributed by atoms with Crippen molar-refractivity contribution in [2.24, 2.45) is 0 Å². The van der Waals surface area contributed by atoms with Gasteiger partial charge in [0.15, 0.2) is 0 Å². The number of carboxylic acid groups (broad SMARTS) is 1. The highest BCUT2D eigenvalue weighted by molar-refractivity contribution is 5.66. The number of unbranched alkanes of at least 4 members (excludes halogenated alkanes) is 5. The molecule has 0 aromatic rings. The molecule has 0 aliphatic rings. The van der Waals surface area contributed by atoms with Crippen LogP contribution in [0.1, 0.15) is 58.3 Å². The van der Waals surface area contributed by atoms with Crippen molar-refractivity contribution in [1.29, 1.82) is 0 Å². The van der Waals surface area contributed by atoms with Gasteiger partial charge in [0.05, 0.1) is 0 Å². The molecule has 0 spiro atoms. The predicted molar refractivity (Wildman–Crippen MR) is 68.5 cm³/mol. The second-order valence-corrected chi connectivity index (χ2v) is 3.96. The van der Waals surface area contributed by atoms with Crippen LogP contribution in [0.2, 0.25) is 0 Å². The lowest BCUT2D eigenvalue weighted by Crippen LogP contribution is -1.93. The average molecular weight is 224 g/mol. The van der Waals surface area contributed by atoms with Crippen molar-refractivity contribution in [2.75, 3.05) is 0 Å². The van der Waals surface area contributed by atoms with Crippen molar-refractivity contribution < 1.29 is 9.90 Å². The molecule has 16 heavy (non-hydrogen) atoms. The fraction of sp³-hybridized carbons (Fsp3) is 0.643. The number of hydrogen-bond acceptors (Lipinski definition) is 1. The molecule has 0 fully saturated rings.